The van der Waals surface area contributed by atoms with E-state index >= 15 is 0 Å². The van der Waals surface area contributed by atoms with E-state index in [0.29, 0.717) is 6.61 Å². The molecule has 1 heterocycles. The second kappa shape index (κ2) is 4.17. The van der Waals surface area contributed by atoms with Crippen LogP contribution < -0.4 is 5.73 Å². The molecule has 1 atom stereocenters. The number of methoxy groups -OCH3 is 1. The van der Waals surface area contributed by atoms with Crippen LogP contribution in [0.15, 0.2) is 5.38 Å². The maximum atomic E-state index is 6.01. The number of aryl methyl sites for hydroxylation is 1. The van der Waals surface area contributed by atoms with Gasteiger partial charge in [0.05, 0.1) is 17.3 Å². The molecule has 1 aromatic rings. The topological polar surface area (TPSA) is 48.1 Å². The van der Waals surface area contributed by atoms with E-state index in [-0.39, 0.29) is 5.54 Å². The van der Waals surface area contributed by atoms with Crippen molar-refractivity contribution in [2.75, 3.05) is 13.7 Å². The Hall–Kier alpha value is -0.450. The van der Waals surface area contributed by atoms with Crippen molar-refractivity contribution in [1.82, 2.24) is 4.98 Å². The van der Waals surface area contributed by atoms with Gasteiger partial charge in [-0.05, 0) is 13.8 Å². The van der Waals surface area contributed by atoms with Crippen LogP contribution in [-0.2, 0) is 11.2 Å². The summed E-state index contributed by atoms with van der Waals surface area (Å²) in [6.45, 7) is 4.53. The summed E-state index contributed by atoms with van der Waals surface area (Å²) in [5.74, 6) is 0. The molecule has 0 fully saturated rings. The van der Waals surface area contributed by atoms with Gasteiger partial charge in [0.25, 0.3) is 0 Å². The van der Waals surface area contributed by atoms with Crippen LogP contribution in [0.1, 0.15) is 17.6 Å². The molecule has 74 valence electrons. The molecule has 1 rings (SSSR count). The van der Waals surface area contributed by atoms with Crippen molar-refractivity contribution in [3.8, 4) is 0 Å². The third-order valence-corrected chi connectivity index (χ3v) is 2.55. The van der Waals surface area contributed by atoms with E-state index in [0.717, 1.165) is 17.1 Å². The van der Waals surface area contributed by atoms with Gasteiger partial charge in [0.1, 0.15) is 0 Å². The lowest BCUT2D eigenvalue weighted by Crippen LogP contribution is -2.43. The summed E-state index contributed by atoms with van der Waals surface area (Å²) in [4.78, 5) is 4.36. The first-order valence-electron chi connectivity index (χ1n) is 4.22. The molecule has 13 heavy (non-hydrogen) atoms. The van der Waals surface area contributed by atoms with Crippen molar-refractivity contribution >= 4 is 11.3 Å². The summed E-state index contributed by atoms with van der Waals surface area (Å²) >= 11 is 1.66. The van der Waals surface area contributed by atoms with Gasteiger partial charge < -0.3 is 10.5 Å². The van der Waals surface area contributed by atoms with Crippen molar-refractivity contribution < 1.29 is 4.74 Å². The Balaban J connectivity index is 2.57. The van der Waals surface area contributed by atoms with Crippen LogP contribution in [-0.4, -0.2) is 24.2 Å². The summed E-state index contributed by atoms with van der Waals surface area (Å²) in [7, 11) is 1.66. The fourth-order valence-corrected chi connectivity index (χ4v) is 1.90. The monoisotopic (exact) mass is 200 g/mol. The maximum absolute atomic E-state index is 6.01. The SMILES string of the molecule is COCC(C)(N)Cc1csc(C)n1. The minimum Gasteiger partial charge on any atom is -0.383 e. The van der Waals surface area contributed by atoms with Gasteiger partial charge in [0.2, 0.25) is 0 Å². The van der Waals surface area contributed by atoms with Gasteiger partial charge in [0.15, 0.2) is 0 Å². The minimum absolute atomic E-state index is 0.310. The van der Waals surface area contributed by atoms with Gasteiger partial charge in [-0.3, -0.25) is 0 Å². The van der Waals surface area contributed by atoms with E-state index in [9.17, 15) is 0 Å². The van der Waals surface area contributed by atoms with Gasteiger partial charge in [-0.15, -0.1) is 11.3 Å². The molecule has 0 aliphatic carbocycles. The summed E-state index contributed by atoms with van der Waals surface area (Å²) in [6.07, 6.45) is 0.769. The molecule has 3 nitrogen and oxygen atoms in total. The number of nitrogens with two attached hydrogens (primary N) is 1. The third-order valence-electron chi connectivity index (χ3n) is 1.73. The predicted molar refractivity (Wildman–Crippen MR) is 55.0 cm³/mol. The quantitative estimate of drug-likeness (QED) is 0.798. The minimum atomic E-state index is -0.310. The number of rotatable bonds is 4. The Kier molecular flexibility index (Phi) is 3.41. The normalized spacial score (nSPS) is 15.7. The summed E-state index contributed by atoms with van der Waals surface area (Å²) in [6, 6.07) is 0. The van der Waals surface area contributed by atoms with Crippen molar-refractivity contribution in [2.24, 2.45) is 5.73 Å². The molecule has 4 heteroatoms. The van der Waals surface area contributed by atoms with Crippen LogP contribution in [0.25, 0.3) is 0 Å². The molecule has 0 saturated carbocycles. The molecule has 0 saturated heterocycles. The van der Waals surface area contributed by atoms with Crippen molar-refractivity contribution in [3.05, 3.63) is 16.1 Å². The van der Waals surface area contributed by atoms with Crippen LogP contribution in [0.3, 0.4) is 0 Å². The molecule has 0 bridgehead atoms. The summed E-state index contributed by atoms with van der Waals surface area (Å²) < 4.78 is 5.04. The van der Waals surface area contributed by atoms with Crippen LogP contribution in [0.2, 0.25) is 0 Å². The van der Waals surface area contributed by atoms with E-state index < -0.39 is 0 Å². The van der Waals surface area contributed by atoms with Gasteiger partial charge in [-0.1, -0.05) is 0 Å². The molecular weight excluding hydrogens is 184 g/mol. The maximum Gasteiger partial charge on any atom is 0.0897 e. The Morgan fingerprint density at radius 3 is 2.85 bits per heavy atom. The fourth-order valence-electron chi connectivity index (χ4n) is 1.28. The number of thiazole rings is 1. The number of ether oxygens (including phenoxy) is 1. The lowest BCUT2D eigenvalue weighted by atomic mass is 9.99. The molecule has 0 aliphatic rings. The molecule has 0 aromatic carbocycles. The van der Waals surface area contributed by atoms with Crippen molar-refractivity contribution in [3.63, 3.8) is 0 Å². The second-order valence-electron chi connectivity index (χ2n) is 3.62. The number of hydrogen-bond donors (Lipinski definition) is 1. The first kappa shape index (κ1) is 10.6. The average Bonchev–Trinajstić information content (AvgIpc) is 2.34. The zero-order chi connectivity index (χ0) is 9.90. The van der Waals surface area contributed by atoms with E-state index in [1.807, 2.05) is 13.8 Å². The van der Waals surface area contributed by atoms with Gasteiger partial charge >= 0.3 is 0 Å². The first-order chi connectivity index (χ1) is 6.03. The average molecular weight is 200 g/mol. The van der Waals surface area contributed by atoms with Crippen molar-refractivity contribution in [2.45, 2.75) is 25.8 Å². The van der Waals surface area contributed by atoms with Crippen LogP contribution in [0, 0.1) is 6.92 Å². The van der Waals surface area contributed by atoms with Gasteiger partial charge in [-0.25, -0.2) is 4.98 Å². The number of hydrogen-bond acceptors (Lipinski definition) is 4. The Morgan fingerprint density at radius 2 is 2.38 bits per heavy atom. The van der Waals surface area contributed by atoms with E-state index in [4.69, 9.17) is 10.5 Å². The van der Waals surface area contributed by atoms with Crippen LogP contribution in [0.5, 0.6) is 0 Å². The lowest BCUT2D eigenvalue weighted by Gasteiger charge is -2.22. The molecule has 0 radical (unpaired) electrons. The molecule has 1 unspecified atom stereocenters. The van der Waals surface area contributed by atoms with Gasteiger partial charge in [0, 0.05) is 24.4 Å². The Labute approximate surface area is 82.9 Å². The van der Waals surface area contributed by atoms with Crippen molar-refractivity contribution in [1.29, 1.82) is 0 Å². The van der Waals surface area contributed by atoms with E-state index in [1.165, 1.54) is 0 Å². The molecule has 0 spiro atoms. The number of aromatic nitrogens is 1. The number of nitrogens with zero attached hydrogens (tertiary/aromatic N) is 1. The fraction of sp³-hybridized carbons (Fsp3) is 0.667. The van der Waals surface area contributed by atoms with E-state index in [2.05, 4.69) is 10.4 Å². The van der Waals surface area contributed by atoms with Crippen LogP contribution in [0.4, 0.5) is 0 Å². The zero-order valence-electron chi connectivity index (χ0n) is 8.33. The highest BCUT2D eigenvalue weighted by atomic mass is 32.1. The molecule has 2 N–H and O–H groups in total. The van der Waals surface area contributed by atoms with E-state index in [1.54, 1.807) is 18.4 Å². The highest BCUT2D eigenvalue weighted by Crippen LogP contribution is 2.14. The highest BCUT2D eigenvalue weighted by Gasteiger charge is 2.19. The second-order valence-corrected chi connectivity index (χ2v) is 4.68. The molecular formula is C9H16N2OS. The largest absolute Gasteiger partial charge is 0.383 e. The molecule has 1 aromatic heterocycles. The third kappa shape index (κ3) is 3.42. The summed E-state index contributed by atoms with van der Waals surface area (Å²) in [5.41, 5.74) is 6.76. The smallest absolute Gasteiger partial charge is 0.0897 e. The highest BCUT2D eigenvalue weighted by molar-refractivity contribution is 7.09. The Morgan fingerprint density at radius 1 is 1.69 bits per heavy atom. The molecule has 0 aliphatic heterocycles. The zero-order valence-corrected chi connectivity index (χ0v) is 9.15. The first-order valence-corrected chi connectivity index (χ1v) is 5.10. The summed E-state index contributed by atoms with van der Waals surface area (Å²) in [5, 5.41) is 3.14. The lowest BCUT2D eigenvalue weighted by molar-refractivity contribution is 0.140. The molecule has 0 amide bonds. The van der Waals surface area contributed by atoms with Crippen LogP contribution >= 0.6 is 11.3 Å². The van der Waals surface area contributed by atoms with Gasteiger partial charge in [-0.2, -0.15) is 0 Å². The standard InChI is InChI=1S/C9H16N2OS/c1-7-11-8(5-13-7)4-9(2,10)6-12-3/h5H,4,6,10H2,1-3H3. The Bertz CT molecular complexity index is 270. The predicted octanol–water partition coefficient (Wildman–Crippen LogP) is 1.36.